The number of hydrogen-bond acceptors (Lipinski definition) is 4. The first kappa shape index (κ1) is 15.9. The van der Waals surface area contributed by atoms with Gasteiger partial charge in [-0.1, -0.05) is 20.8 Å². The lowest BCUT2D eigenvalue weighted by Gasteiger charge is -2.11. The van der Waals surface area contributed by atoms with Crippen LogP contribution < -0.4 is 10.6 Å². The maximum atomic E-state index is 11.4. The van der Waals surface area contributed by atoms with Gasteiger partial charge in [-0.3, -0.25) is 9.89 Å². The average Bonchev–Trinajstić information content (AvgIpc) is 2.80. The minimum atomic E-state index is -0.872. The van der Waals surface area contributed by atoms with Crippen LogP contribution in [0.15, 0.2) is 0 Å². The van der Waals surface area contributed by atoms with Crippen molar-refractivity contribution in [2.24, 2.45) is 0 Å². The molecule has 8 heteroatoms. The fourth-order valence-electron chi connectivity index (χ4n) is 1.38. The molecular weight excluding hydrogens is 262 g/mol. The highest BCUT2D eigenvalue weighted by molar-refractivity contribution is 5.73. The van der Waals surface area contributed by atoms with Gasteiger partial charge in [0, 0.05) is 18.4 Å². The molecule has 0 saturated carbocycles. The number of aromatic nitrogens is 3. The standard InChI is InChI=1S/C12H21N5O3/c1-12(2,3)10-15-8(16-17-10)7-14-11(20)13-6-4-5-9(18)19/h4-7H2,1-3H3,(H,18,19)(H2,13,14,20)(H,15,16,17). The van der Waals surface area contributed by atoms with Crippen molar-refractivity contribution in [1.82, 2.24) is 25.8 Å². The number of nitrogens with one attached hydrogen (secondary N) is 3. The van der Waals surface area contributed by atoms with Gasteiger partial charge in [0.15, 0.2) is 5.82 Å². The zero-order chi connectivity index (χ0) is 15.2. The van der Waals surface area contributed by atoms with E-state index in [4.69, 9.17) is 5.11 Å². The molecule has 112 valence electrons. The largest absolute Gasteiger partial charge is 0.481 e. The molecule has 0 aliphatic heterocycles. The Morgan fingerprint density at radius 3 is 2.55 bits per heavy atom. The van der Waals surface area contributed by atoms with E-state index in [9.17, 15) is 9.59 Å². The zero-order valence-corrected chi connectivity index (χ0v) is 12.0. The summed E-state index contributed by atoms with van der Waals surface area (Å²) < 4.78 is 0. The second-order valence-corrected chi connectivity index (χ2v) is 5.46. The first-order valence-electron chi connectivity index (χ1n) is 6.44. The number of aromatic amines is 1. The number of carbonyl (C=O) groups is 2. The Bertz CT molecular complexity index is 464. The van der Waals surface area contributed by atoms with Crippen molar-refractivity contribution in [3.63, 3.8) is 0 Å². The van der Waals surface area contributed by atoms with Crippen LogP contribution in [0.2, 0.25) is 0 Å². The molecule has 20 heavy (non-hydrogen) atoms. The quantitative estimate of drug-likeness (QED) is 0.575. The van der Waals surface area contributed by atoms with E-state index < -0.39 is 5.97 Å². The molecule has 0 aromatic carbocycles. The molecular formula is C12H21N5O3. The van der Waals surface area contributed by atoms with Gasteiger partial charge in [-0.05, 0) is 6.42 Å². The van der Waals surface area contributed by atoms with Crippen LogP contribution in [-0.2, 0) is 16.8 Å². The van der Waals surface area contributed by atoms with Crippen LogP contribution in [0.25, 0.3) is 0 Å². The number of hydrogen-bond donors (Lipinski definition) is 4. The molecule has 0 unspecified atom stereocenters. The molecule has 4 N–H and O–H groups in total. The summed E-state index contributed by atoms with van der Waals surface area (Å²) in [5.74, 6) is 0.398. The highest BCUT2D eigenvalue weighted by atomic mass is 16.4. The summed E-state index contributed by atoms with van der Waals surface area (Å²) in [5.41, 5.74) is -0.145. The lowest BCUT2D eigenvalue weighted by atomic mass is 9.96. The second-order valence-electron chi connectivity index (χ2n) is 5.46. The van der Waals surface area contributed by atoms with Gasteiger partial charge in [0.2, 0.25) is 0 Å². The van der Waals surface area contributed by atoms with Crippen LogP contribution in [0.4, 0.5) is 4.79 Å². The number of H-pyrrole nitrogens is 1. The molecule has 1 heterocycles. The van der Waals surface area contributed by atoms with Crippen LogP contribution in [-0.4, -0.2) is 38.8 Å². The van der Waals surface area contributed by atoms with E-state index in [0.29, 0.717) is 24.6 Å². The molecule has 0 aliphatic carbocycles. The molecule has 0 saturated heterocycles. The Balaban J connectivity index is 2.27. The Hall–Kier alpha value is -2.12. The number of urea groups is 1. The van der Waals surface area contributed by atoms with Crippen molar-refractivity contribution < 1.29 is 14.7 Å². The first-order chi connectivity index (χ1) is 9.29. The minimum Gasteiger partial charge on any atom is -0.481 e. The van der Waals surface area contributed by atoms with Crippen LogP contribution >= 0.6 is 0 Å². The third kappa shape index (κ3) is 5.68. The number of amides is 2. The topological polar surface area (TPSA) is 120 Å². The average molecular weight is 283 g/mol. The highest BCUT2D eigenvalue weighted by Gasteiger charge is 2.19. The van der Waals surface area contributed by atoms with Crippen molar-refractivity contribution in [3.05, 3.63) is 11.6 Å². The lowest BCUT2D eigenvalue weighted by molar-refractivity contribution is -0.137. The number of aliphatic carboxylic acids is 1. The van der Waals surface area contributed by atoms with E-state index in [0.717, 1.165) is 0 Å². The molecule has 1 aromatic heterocycles. The first-order valence-corrected chi connectivity index (χ1v) is 6.44. The fraction of sp³-hybridized carbons (Fsp3) is 0.667. The van der Waals surface area contributed by atoms with Crippen LogP contribution in [0.1, 0.15) is 45.3 Å². The SMILES string of the molecule is CC(C)(C)c1n[nH]c(CNC(=O)NCCCC(=O)O)n1. The lowest BCUT2D eigenvalue weighted by Crippen LogP contribution is -2.36. The molecule has 0 spiro atoms. The molecule has 0 radical (unpaired) electrons. The van der Waals surface area contributed by atoms with E-state index in [2.05, 4.69) is 25.8 Å². The van der Waals surface area contributed by atoms with Gasteiger partial charge in [-0.15, -0.1) is 0 Å². The molecule has 2 amide bonds. The van der Waals surface area contributed by atoms with Crippen molar-refractivity contribution in [2.75, 3.05) is 6.54 Å². The molecule has 0 aliphatic rings. The van der Waals surface area contributed by atoms with Gasteiger partial charge in [0.05, 0.1) is 6.54 Å². The molecule has 1 rings (SSSR count). The summed E-state index contributed by atoms with van der Waals surface area (Å²) >= 11 is 0. The Kier molecular flexibility index (Phi) is 5.48. The number of nitrogens with zero attached hydrogens (tertiary/aromatic N) is 2. The number of carboxylic acid groups (broad SMARTS) is 1. The third-order valence-corrected chi connectivity index (χ3v) is 2.47. The van der Waals surface area contributed by atoms with Crippen LogP contribution in [0.3, 0.4) is 0 Å². The summed E-state index contributed by atoms with van der Waals surface area (Å²) in [5, 5.41) is 20.5. The Morgan fingerprint density at radius 1 is 1.30 bits per heavy atom. The summed E-state index contributed by atoms with van der Waals surface area (Å²) in [6.45, 7) is 6.57. The third-order valence-electron chi connectivity index (χ3n) is 2.47. The van der Waals surface area contributed by atoms with Gasteiger partial charge in [-0.2, -0.15) is 5.10 Å². The Morgan fingerprint density at radius 2 is 2.00 bits per heavy atom. The van der Waals surface area contributed by atoms with Gasteiger partial charge < -0.3 is 15.7 Å². The van der Waals surface area contributed by atoms with E-state index in [-0.39, 0.29) is 24.4 Å². The molecule has 0 atom stereocenters. The normalized spacial score (nSPS) is 11.2. The molecule has 8 nitrogen and oxygen atoms in total. The maximum Gasteiger partial charge on any atom is 0.315 e. The summed E-state index contributed by atoms with van der Waals surface area (Å²) in [4.78, 5) is 26.0. The van der Waals surface area contributed by atoms with Crippen molar-refractivity contribution >= 4 is 12.0 Å². The minimum absolute atomic E-state index is 0.0390. The van der Waals surface area contributed by atoms with Crippen molar-refractivity contribution in [2.45, 2.75) is 45.6 Å². The van der Waals surface area contributed by atoms with Gasteiger partial charge in [0.25, 0.3) is 0 Å². The van der Waals surface area contributed by atoms with Gasteiger partial charge >= 0.3 is 12.0 Å². The second kappa shape index (κ2) is 6.88. The summed E-state index contributed by atoms with van der Waals surface area (Å²) in [6, 6.07) is -0.357. The monoisotopic (exact) mass is 283 g/mol. The van der Waals surface area contributed by atoms with Crippen LogP contribution in [0.5, 0.6) is 0 Å². The van der Waals surface area contributed by atoms with E-state index in [1.54, 1.807) is 0 Å². The number of carboxylic acids is 1. The maximum absolute atomic E-state index is 11.4. The molecule has 1 aromatic rings. The van der Waals surface area contributed by atoms with E-state index in [1.807, 2.05) is 20.8 Å². The number of carbonyl (C=O) groups excluding carboxylic acids is 1. The summed E-state index contributed by atoms with van der Waals surface area (Å²) in [7, 11) is 0. The predicted octanol–water partition coefficient (Wildman–Crippen LogP) is 0.766. The molecule has 0 fully saturated rings. The van der Waals surface area contributed by atoms with Crippen molar-refractivity contribution in [3.8, 4) is 0 Å². The zero-order valence-electron chi connectivity index (χ0n) is 12.0. The Labute approximate surface area is 117 Å². The smallest absolute Gasteiger partial charge is 0.315 e. The van der Waals surface area contributed by atoms with Gasteiger partial charge in [-0.25, -0.2) is 9.78 Å². The van der Waals surface area contributed by atoms with E-state index in [1.165, 1.54) is 0 Å². The number of rotatable bonds is 6. The predicted molar refractivity (Wildman–Crippen MR) is 72.2 cm³/mol. The van der Waals surface area contributed by atoms with Crippen LogP contribution in [0, 0.1) is 0 Å². The molecule has 0 bridgehead atoms. The highest BCUT2D eigenvalue weighted by Crippen LogP contribution is 2.17. The van der Waals surface area contributed by atoms with E-state index >= 15 is 0 Å². The fourth-order valence-corrected chi connectivity index (χ4v) is 1.38. The summed E-state index contributed by atoms with van der Waals surface area (Å²) in [6.07, 6.45) is 0.441. The van der Waals surface area contributed by atoms with Crippen molar-refractivity contribution in [1.29, 1.82) is 0 Å². The van der Waals surface area contributed by atoms with Gasteiger partial charge in [0.1, 0.15) is 5.82 Å².